The van der Waals surface area contributed by atoms with Crippen LogP contribution in [0.25, 0.3) is 0 Å². The van der Waals surface area contributed by atoms with Gasteiger partial charge in [-0.05, 0) is 54.5 Å². The molecule has 2 aromatic carbocycles. The van der Waals surface area contributed by atoms with Crippen LogP contribution in [0.5, 0.6) is 5.75 Å². The molecule has 1 aliphatic rings. The van der Waals surface area contributed by atoms with Crippen molar-refractivity contribution in [2.45, 2.75) is 38.5 Å². The molecule has 0 bridgehead atoms. The summed E-state index contributed by atoms with van der Waals surface area (Å²) in [6.45, 7) is 2.19. The van der Waals surface area contributed by atoms with E-state index in [0.717, 1.165) is 25.7 Å². The Bertz CT molecular complexity index is 697. The number of hydrogen-bond acceptors (Lipinski definition) is 2. The number of carbonyl (C=O) groups excluding carboxylic acids is 1. The Morgan fingerprint density at radius 1 is 1.00 bits per heavy atom. The molecule has 0 saturated heterocycles. The van der Waals surface area contributed by atoms with Gasteiger partial charge in [-0.3, -0.25) is 0 Å². The van der Waals surface area contributed by atoms with E-state index in [0.29, 0.717) is 11.5 Å². The Morgan fingerprint density at radius 2 is 1.58 bits per heavy atom. The predicted octanol–water partition coefficient (Wildman–Crippen LogP) is 5.48. The first-order valence-electron chi connectivity index (χ1n) is 8.30. The molecule has 1 saturated carbocycles. The smallest absolute Gasteiger partial charge is 0.349 e. The van der Waals surface area contributed by atoms with E-state index < -0.39 is 23.2 Å². The molecule has 2 nitrogen and oxygen atoms in total. The van der Waals surface area contributed by atoms with Crippen LogP contribution in [0.4, 0.5) is 8.78 Å². The van der Waals surface area contributed by atoms with Gasteiger partial charge < -0.3 is 4.74 Å². The highest BCUT2D eigenvalue weighted by Crippen LogP contribution is 2.36. The molecule has 0 unspecified atom stereocenters. The van der Waals surface area contributed by atoms with Crippen LogP contribution in [0.2, 0.25) is 0 Å². The van der Waals surface area contributed by atoms with Crippen molar-refractivity contribution in [2.24, 2.45) is 5.92 Å². The average Bonchev–Trinajstić information content (AvgIpc) is 2.55. The molecule has 1 aliphatic carbocycles. The minimum Gasteiger partial charge on any atom is -0.423 e. The van der Waals surface area contributed by atoms with Crippen molar-refractivity contribution < 1.29 is 18.3 Å². The van der Waals surface area contributed by atoms with Gasteiger partial charge in [-0.25, -0.2) is 13.6 Å². The monoisotopic (exact) mass is 330 g/mol. The molecule has 0 atom stereocenters. The lowest BCUT2D eigenvalue weighted by Gasteiger charge is -2.26. The Kier molecular flexibility index (Phi) is 4.93. The van der Waals surface area contributed by atoms with Crippen molar-refractivity contribution in [2.75, 3.05) is 0 Å². The van der Waals surface area contributed by atoms with Crippen LogP contribution in [0.1, 0.15) is 54.4 Å². The molecule has 4 heteroatoms. The second-order valence-corrected chi connectivity index (χ2v) is 6.52. The summed E-state index contributed by atoms with van der Waals surface area (Å²) in [5, 5.41) is 0. The van der Waals surface area contributed by atoms with Gasteiger partial charge in [-0.2, -0.15) is 0 Å². The summed E-state index contributed by atoms with van der Waals surface area (Å²) < 4.78 is 33.8. The fourth-order valence-corrected chi connectivity index (χ4v) is 3.26. The summed E-state index contributed by atoms with van der Waals surface area (Å²) in [4.78, 5) is 12.1. The van der Waals surface area contributed by atoms with Crippen molar-refractivity contribution in [1.29, 1.82) is 0 Å². The fourth-order valence-electron chi connectivity index (χ4n) is 3.26. The number of ether oxygens (including phenoxy) is 1. The van der Waals surface area contributed by atoms with Crippen molar-refractivity contribution in [1.82, 2.24) is 0 Å². The van der Waals surface area contributed by atoms with Crippen LogP contribution >= 0.6 is 0 Å². The van der Waals surface area contributed by atoms with Crippen LogP contribution < -0.4 is 4.74 Å². The zero-order valence-electron chi connectivity index (χ0n) is 13.6. The number of rotatable bonds is 3. The Hall–Kier alpha value is -2.23. The topological polar surface area (TPSA) is 26.3 Å². The third-order valence-electron chi connectivity index (χ3n) is 4.71. The summed E-state index contributed by atoms with van der Waals surface area (Å²) in [6.07, 6.45) is 3.97. The Labute approximate surface area is 140 Å². The van der Waals surface area contributed by atoms with Gasteiger partial charge in [-0.1, -0.05) is 38.0 Å². The molecule has 24 heavy (non-hydrogen) atoms. The number of halogens is 2. The standard InChI is InChI=1S/C20H20F2O2/c1-13-7-9-14(10-8-13)15-11-17(21)19(18(22)12-15)20(23)24-16-5-3-2-4-6-16/h2-6,11-14H,7-10H2,1H3. The Balaban J connectivity index is 1.81. The van der Waals surface area contributed by atoms with Crippen molar-refractivity contribution in [3.8, 4) is 5.75 Å². The minimum absolute atomic E-state index is 0.157. The van der Waals surface area contributed by atoms with E-state index in [1.165, 1.54) is 12.1 Å². The first-order valence-corrected chi connectivity index (χ1v) is 8.30. The summed E-state index contributed by atoms with van der Waals surface area (Å²) in [5.74, 6) is -1.65. The van der Waals surface area contributed by atoms with E-state index in [9.17, 15) is 13.6 Å². The van der Waals surface area contributed by atoms with E-state index in [1.807, 2.05) is 0 Å². The molecule has 126 valence electrons. The summed E-state index contributed by atoms with van der Waals surface area (Å²) in [5.41, 5.74) is -0.0000540. The van der Waals surface area contributed by atoms with Crippen LogP contribution in [-0.4, -0.2) is 5.97 Å². The van der Waals surface area contributed by atoms with Crippen molar-refractivity contribution >= 4 is 5.97 Å². The average molecular weight is 330 g/mol. The van der Waals surface area contributed by atoms with Crippen LogP contribution in [0.3, 0.4) is 0 Å². The minimum atomic E-state index is -1.01. The van der Waals surface area contributed by atoms with E-state index in [-0.39, 0.29) is 11.7 Å². The molecule has 0 aliphatic heterocycles. The molecule has 0 amide bonds. The zero-order chi connectivity index (χ0) is 17.1. The van der Waals surface area contributed by atoms with E-state index in [1.54, 1.807) is 30.3 Å². The fraction of sp³-hybridized carbons (Fsp3) is 0.350. The van der Waals surface area contributed by atoms with Crippen LogP contribution in [0, 0.1) is 17.6 Å². The second kappa shape index (κ2) is 7.12. The number of para-hydroxylation sites is 1. The van der Waals surface area contributed by atoms with Crippen LogP contribution in [-0.2, 0) is 0 Å². The van der Waals surface area contributed by atoms with Crippen LogP contribution in [0.15, 0.2) is 42.5 Å². The van der Waals surface area contributed by atoms with Gasteiger partial charge >= 0.3 is 5.97 Å². The molecule has 0 radical (unpaired) electrons. The van der Waals surface area contributed by atoms with Crippen molar-refractivity contribution in [3.05, 3.63) is 65.2 Å². The summed E-state index contributed by atoms with van der Waals surface area (Å²) >= 11 is 0. The molecule has 0 aromatic heterocycles. The predicted molar refractivity (Wildman–Crippen MR) is 88.1 cm³/mol. The lowest BCUT2D eigenvalue weighted by atomic mass is 9.79. The highest BCUT2D eigenvalue weighted by molar-refractivity contribution is 5.91. The van der Waals surface area contributed by atoms with E-state index >= 15 is 0 Å². The molecule has 1 fully saturated rings. The summed E-state index contributed by atoms with van der Waals surface area (Å²) in [7, 11) is 0. The van der Waals surface area contributed by atoms with Gasteiger partial charge in [0.2, 0.25) is 0 Å². The normalized spacial score (nSPS) is 20.6. The number of esters is 1. The van der Waals surface area contributed by atoms with Gasteiger partial charge in [0, 0.05) is 0 Å². The van der Waals surface area contributed by atoms with Gasteiger partial charge in [0.05, 0.1) is 0 Å². The SMILES string of the molecule is CC1CCC(c2cc(F)c(C(=O)Oc3ccccc3)c(F)c2)CC1. The lowest BCUT2D eigenvalue weighted by Crippen LogP contribution is -2.16. The molecule has 0 spiro atoms. The third-order valence-corrected chi connectivity index (χ3v) is 4.71. The highest BCUT2D eigenvalue weighted by atomic mass is 19.1. The highest BCUT2D eigenvalue weighted by Gasteiger charge is 2.25. The van der Waals surface area contributed by atoms with E-state index in [2.05, 4.69) is 6.92 Å². The van der Waals surface area contributed by atoms with Crippen molar-refractivity contribution in [3.63, 3.8) is 0 Å². The van der Waals surface area contributed by atoms with E-state index in [4.69, 9.17) is 4.74 Å². The number of benzene rings is 2. The summed E-state index contributed by atoms with van der Waals surface area (Å²) in [6, 6.07) is 10.8. The van der Waals surface area contributed by atoms with Gasteiger partial charge in [0.1, 0.15) is 22.9 Å². The second-order valence-electron chi connectivity index (χ2n) is 6.52. The maximum Gasteiger partial charge on any atom is 0.349 e. The molecular weight excluding hydrogens is 310 g/mol. The third kappa shape index (κ3) is 3.64. The molecule has 0 heterocycles. The zero-order valence-corrected chi connectivity index (χ0v) is 13.6. The number of hydrogen-bond donors (Lipinski definition) is 0. The molecule has 0 N–H and O–H groups in total. The Morgan fingerprint density at radius 3 is 2.17 bits per heavy atom. The number of carbonyl (C=O) groups is 1. The maximum atomic E-state index is 14.4. The molecule has 3 rings (SSSR count). The van der Waals surface area contributed by atoms with Gasteiger partial charge in [0.25, 0.3) is 0 Å². The first-order chi connectivity index (χ1) is 11.5. The van der Waals surface area contributed by atoms with Gasteiger partial charge in [-0.15, -0.1) is 0 Å². The van der Waals surface area contributed by atoms with Gasteiger partial charge in [0.15, 0.2) is 0 Å². The largest absolute Gasteiger partial charge is 0.423 e. The maximum absolute atomic E-state index is 14.4. The first kappa shape index (κ1) is 16.6. The lowest BCUT2D eigenvalue weighted by molar-refractivity contribution is 0.0724. The quantitative estimate of drug-likeness (QED) is 0.550. The molecule has 2 aromatic rings. The molecular formula is C20H20F2O2.